The van der Waals surface area contributed by atoms with Gasteiger partial charge in [0.05, 0.1) is 29.5 Å². The Kier molecular flexibility index (Phi) is 3.46. The molecule has 1 aromatic carbocycles. The van der Waals surface area contributed by atoms with E-state index in [0.717, 1.165) is 5.56 Å². The smallest absolute Gasteiger partial charge is 0.350 e. The zero-order valence-electron chi connectivity index (χ0n) is 11.2. The first-order valence-electron chi connectivity index (χ1n) is 6.27. The number of esters is 1. The Morgan fingerprint density at radius 2 is 2.10 bits per heavy atom. The highest BCUT2D eigenvalue weighted by Gasteiger charge is 2.34. The van der Waals surface area contributed by atoms with Crippen LogP contribution >= 0.6 is 11.3 Å². The lowest BCUT2D eigenvalue weighted by molar-refractivity contribution is 0.0607. The average molecular weight is 323 g/mol. The number of rotatable bonds is 3. The van der Waals surface area contributed by atoms with Gasteiger partial charge in [0.1, 0.15) is 4.88 Å². The third kappa shape index (κ3) is 2.43. The van der Waals surface area contributed by atoms with Crippen molar-refractivity contribution in [3.63, 3.8) is 0 Å². The first-order chi connectivity index (χ1) is 10.0. The largest absolute Gasteiger partial charge is 0.465 e. The van der Waals surface area contributed by atoms with E-state index in [0.29, 0.717) is 15.5 Å². The molecule has 21 heavy (non-hydrogen) atoms. The second kappa shape index (κ2) is 5.16. The van der Waals surface area contributed by atoms with Crippen LogP contribution in [0.5, 0.6) is 0 Å². The van der Waals surface area contributed by atoms with Gasteiger partial charge in [-0.25, -0.2) is 13.2 Å². The Morgan fingerprint density at radius 1 is 1.33 bits per heavy atom. The second-order valence-electron chi connectivity index (χ2n) is 4.67. The number of ether oxygens (including phenoxy) is 1. The molecule has 1 aromatic heterocycles. The molecule has 7 heteroatoms. The number of methoxy groups -OCH3 is 1. The number of hydrogen-bond acceptors (Lipinski definition) is 6. The molecule has 0 saturated heterocycles. The van der Waals surface area contributed by atoms with E-state index in [2.05, 4.69) is 5.32 Å². The van der Waals surface area contributed by atoms with Crippen molar-refractivity contribution < 1.29 is 17.9 Å². The molecule has 0 amide bonds. The Labute approximate surface area is 126 Å². The zero-order chi connectivity index (χ0) is 15.0. The third-order valence-corrected chi connectivity index (χ3v) is 6.09. The van der Waals surface area contributed by atoms with Crippen molar-refractivity contribution in [3.8, 4) is 0 Å². The van der Waals surface area contributed by atoms with Crippen LogP contribution in [0.2, 0.25) is 0 Å². The highest BCUT2D eigenvalue weighted by molar-refractivity contribution is 7.91. The van der Waals surface area contributed by atoms with Crippen LogP contribution < -0.4 is 5.32 Å². The van der Waals surface area contributed by atoms with E-state index in [9.17, 15) is 13.2 Å². The predicted octanol–water partition coefficient (Wildman–Crippen LogP) is 2.48. The van der Waals surface area contributed by atoms with Crippen molar-refractivity contribution in [2.75, 3.05) is 18.2 Å². The first kappa shape index (κ1) is 14.1. The molecule has 0 saturated carbocycles. The van der Waals surface area contributed by atoms with Gasteiger partial charge in [0.15, 0.2) is 9.84 Å². The lowest BCUT2D eigenvalue weighted by Gasteiger charge is -2.14. The molecule has 5 nitrogen and oxygen atoms in total. The van der Waals surface area contributed by atoms with Crippen LogP contribution in [0.1, 0.15) is 21.3 Å². The fourth-order valence-electron chi connectivity index (χ4n) is 2.43. The van der Waals surface area contributed by atoms with Crippen LogP contribution in [0.15, 0.2) is 40.6 Å². The molecule has 0 spiro atoms. The summed E-state index contributed by atoms with van der Waals surface area (Å²) in [4.78, 5) is 12.5. The standard InChI is InChI=1S/C14H13NO4S2/c1-19-14(16)13-10(6-7-20-13)15-11-8-21(17,18)12-5-3-2-4-9(11)12/h2-7,11,15H,8H2,1H3. The summed E-state index contributed by atoms with van der Waals surface area (Å²) in [6.07, 6.45) is 0. The first-order valence-corrected chi connectivity index (χ1v) is 8.80. The summed E-state index contributed by atoms with van der Waals surface area (Å²) in [5.41, 5.74) is 1.34. The molecule has 0 fully saturated rings. The van der Waals surface area contributed by atoms with E-state index in [1.807, 2.05) is 6.07 Å². The summed E-state index contributed by atoms with van der Waals surface area (Å²) in [5.74, 6) is -0.440. The van der Waals surface area contributed by atoms with Gasteiger partial charge in [-0.15, -0.1) is 11.3 Å². The molecule has 1 aliphatic heterocycles. The van der Waals surface area contributed by atoms with Crippen molar-refractivity contribution >= 4 is 32.8 Å². The van der Waals surface area contributed by atoms with Gasteiger partial charge in [-0.3, -0.25) is 0 Å². The SMILES string of the molecule is COC(=O)c1sccc1NC1CS(=O)(=O)c2ccccc21. The summed E-state index contributed by atoms with van der Waals surface area (Å²) in [6, 6.07) is 8.32. The molecule has 1 atom stereocenters. The van der Waals surface area contributed by atoms with Crippen LogP contribution in [0.3, 0.4) is 0 Å². The molecule has 1 unspecified atom stereocenters. The molecular weight excluding hydrogens is 310 g/mol. The summed E-state index contributed by atoms with van der Waals surface area (Å²) in [7, 11) is -1.95. The highest BCUT2D eigenvalue weighted by atomic mass is 32.2. The van der Waals surface area contributed by atoms with Crippen molar-refractivity contribution in [1.82, 2.24) is 0 Å². The van der Waals surface area contributed by atoms with Crippen LogP contribution in [-0.2, 0) is 14.6 Å². The number of thiophene rings is 1. The Bertz CT molecular complexity index is 795. The maximum Gasteiger partial charge on any atom is 0.350 e. The minimum absolute atomic E-state index is 0.0111. The van der Waals surface area contributed by atoms with Gasteiger partial charge < -0.3 is 10.1 Å². The van der Waals surface area contributed by atoms with Crippen molar-refractivity contribution in [2.24, 2.45) is 0 Å². The lowest BCUT2D eigenvalue weighted by atomic mass is 10.1. The van der Waals surface area contributed by atoms with Gasteiger partial charge in [-0.2, -0.15) is 0 Å². The fourth-order valence-corrected chi connectivity index (χ4v) is 4.94. The van der Waals surface area contributed by atoms with Gasteiger partial charge in [0.2, 0.25) is 0 Å². The monoisotopic (exact) mass is 323 g/mol. The van der Waals surface area contributed by atoms with Gasteiger partial charge in [-0.05, 0) is 23.1 Å². The second-order valence-corrected chi connectivity index (χ2v) is 7.59. The quantitative estimate of drug-likeness (QED) is 0.879. The minimum Gasteiger partial charge on any atom is -0.465 e. The van der Waals surface area contributed by atoms with Crippen molar-refractivity contribution in [1.29, 1.82) is 0 Å². The number of sulfone groups is 1. The maximum absolute atomic E-state index is 12.1. The van der Waals surface area contributed by atoms with Gasteiger partial charge in [0, 0.05) is 0 Å². The van der Waals surface area contributed by atoms with Gasteiger partial charge in [0.25, 0.3) is 0 Å². The zero-order valence-corrected chi connectivity index (χ0v) is 12.8. The Balaban J connectivity index is 1.95. The predicted molar refractivity (Wildman–Crippen MR) is 80.5 cm³/mol. The molecule has 2 heterocycles. The number of anilines is 1. The summed E-state index contributed by atoms with van der Waals surface area (Å²) in [6.45, 7) is 0. The molecular formula is C14H13NO4S2. The van der Waals surface area contributed by atoms with E-state index in [1.165, 1.54) is 18.4 Å². The molecule has 0 bridgehead atoms. The topological polar surface area (TPSA) is 72.5 Å². The highest BCUT2D eigenvalue weighted by Crippen LogP contribution is 2.36. The van der Waals surface area contributed by atoms with Gasteiger partial charge >= 0.3 is 5.97 Å². The molecule has 1 N–H and O–H groups in total. The molecule has 0 radical (unpaired) electrons. The number of carbonyl (C=O) groups excluding carboxylic acids is 1. The molecule has 1 aliphatic rings. The molecule has 2 aromatic rings. The van der Waals surface area contributed by atoms with Crippen LogP contribution in [0.4, 0.5) is 5.69 Å². The van der Waals surface area contributed by atoms with E-state index in [1.54, 1.807) is 29.6 Å². The Morgan fingerprint density at radius 3 is 2.86 bits per heavy atom. The summed E-state index contributed by atoms with van der Waals surface area (Å²) >= 11 is 1.26. The fraction of sp³-hybridized carbons (Fsp3) is 0.214. The average Bonchev–Trinajstić information content (AvgIpc) is 3.02. The van der Waals surface area contributed by atoms with Gasteiger partial charge in [-0.1, -0.05) is 18.2 Å². The number of fused-ring (bicyclic) bond motifs is 1. The third-order valence-electron chi connectivity index (χ3n) is 3.38. The molecule has 0 aliphatic carbocycles. The Hall–Kier alpha value is -1.86. The van der Waals surface area contributed by atoms with E-state index in [-0.39, 0.29) is 11.8 Å². The van der Waals surface area contributed by atoms with E-state index < -0.39 is 15.8 Å². The van der Waals surface area contributed by atoms with Crippen LogP contribution in [0.25, 0.3) is 0 Å². The van der Waals surface area contributed by atoms with Crippen molar-refractivity contribution in [2.45, 2.75) is 10.9 Å². The minimum atomic E-state index is -3.27. The number of benzene rings is 1. The van der Waals surface area contributed by atoms with Crippen LogP contribution in [-0.4, -0.2) is 27.2 Å². The van der Waals surface area contributed by atoms with E-state index in [4.69, 9.17) is 4.74 Å². The van der Waals surface area contributed by atoms with Crippen LogP contribution in [0, 0.1) is 0 Å². The number of nitrogens with one attached hydrogen (secondary N) is 1. The molecule has 3 rings (SSSR count). The number of hydrogen-bond donors (Lipinski definition) is 1. The maximum atomic E-state index is 12.1. The lowest BCUT2D eigenvalue weighted by Crippen LogP contribution is -2.14. The van der Waals surface area contributed by atoms with E-state index >= 15 is 0 Å². The molecule has 110 valence electrons. The number of carbonyl (C=O) groups is 1. The normalized spacial score (nSPS) is 19.0. The van der Waals surface area contributed by atoms with Crippen molar-refractivity contribution in [3.05, 3.63) is 46.2 Å². The summed E-state index contributed by atoms with van der Waals surface area (Å²) in [5, 5.41) is 4.91. The summed E-state index contributed by atoms with van der Waals surface area (Å²) < 4.78 is 29.0.